The number of methoxy groups -OCH3 is 5. The predicted octanol–water partition coefficient (Wildman–Crippen LogP) is 3.74. The fraction of sp³-hybridized carbons (Fsp3) is 0.346. The molecule has 5 rings (SSSR count). The van der Waals surface area contributed by atoms with E-state index in [4.69, 9.17) is 23.7 Å². The number of benzene rings is 2. The van der Waals surface area contributed by atoms with Gasteiger partial charge in [-0.2, -0.15) is 10.1 Å². The van der Waals surface area contributed by atoms with E-state index in [2.05, 4.69) is 15.4 Å². The molecule has 0 unspecified atom stereocenters. The summed E-state index contributed by atoms with van der Waals surface area (Å²) in [5, 5.41) is 7.77. The Labute approximate surface area is 208 Å². The molecule has 2 atom stereocenters. The number of anilines is 1. The lowest BCUT2D eigenvalue weighted by Crippen LogP contribution is -2.33. The average molecular weight is 493 g/mol. The van der Waals surface area contributed by atoms with Crippen molar-refractivity contribution in [2.24, 2.45) is 0 Å². The zero-order chi connectivity index (χ0) is 25.4. The third kappa shape index (κ3) is 3.78. The summed E-state index contributed by atoms with van der Waals surface area (Å²) in [6.07, 6.45) is 2.38. The van der Waals surface area contributed by atoms with Crippen LogP contribution in [0.4, 0.5) is 5.95 Å². The number of Topliss-reactive ketones (excluding diaryl/α,β-unsaturated/α-hetero) is 1. The molecule has 0 saturated carbocycles. The van der Waals surface area contributed by atoms with E-state index in [0.29, 0.717) is 53.1 Å². The Morgan fingerprint density at radius 2 is 1.61 bits per heavy atom. The molecule has 3 aromatic rings. The molecule has 1 aromatic heterocycles. The van der Waals surface area contributed by atoms with Gasteiger partial charge in [-0.3, -0.25) is 4.79 Å². The molecule has 0 fully saturated rings. The highest BCUT2D eigenvalue weighted by atomic mass is 16.5. The van der Waals surface area contributed by atoms with Crippen LogP contribution >= 0.6 is 0 Å². The van der Waals surface area contributed by atoms with E-state index in [9.17, 15) is 4.79 Å². The number of aromatic nitrogens is 3. The van der Waals surface area contributed by atoms with Crippen LogP contribution in [0.3, 0.4) is 0 Å². The van der Waals surface area contributed by atoms with E-state index in [1.165, 1.54) is 6.33 Å². The van der Waals surface area contributed by atoms with Gasteiger partial charge in [-0.15, -0.1) is 0 Å². The molecule has 0 spiro atoms. The smallest absolute Gasteiger partial charge is 0.226 e. The Bertz CT molecular complexity index is 1320. The summed E-state index contributed by atoms with van der Waals surface area (Å²) >= 11 is 0. The minimum absolute atomic E-state index is 0.0125. The molecule has 1 aliphatic carbocycles. The summed E-state index contributed by atoms with van der Waals surface area (Å²) in [6.45, 7) is 0. The van der Waals surface area contributed by atoms with Crippen molar-refractivity contribution in [1.29, 1.82) is 0 Å². The number of fused-ring (bicyclic) bond motifs is 1. The second-order valence-electron chi connectivity index (χ2n) is 8.54. The highest BCUT2D eigenvalue weighted by Crippen LogP contribution is 2.48. The maximum absolute atomic E-state index is 13.8. The zero-order valence-corrected chi connectivity index (χ0v) is 20.8. The lowest BCUT2D eigenvalue weighted by Gasteiger charge is -2.35. The molecular weight excluding hydrogens is 464 g/mol. The molecule has 10 nitrogen and oxygen atoms in total. The standard InChI is InChI=1S/C26H28N4O6/c1-32-16-6-7-20(33-2)17(12-16)24-23-18(29-26-27-13-28-30(24)26)8-14(9-19(23)31)15-10-21(34-3)25(36-5)22(11-15)35-4/h6-7,10-14,24H,8-9H2,1-5H3,(H,27,28,29)/t14-,24-/m0/s1. The molecule has 1 aliphatic heterocycles. The van der Waals surface area contributed by atoms with Crippen molar-refractivity contribution >= 4 is 11.7 Å². The molecule has 36 heavy (non-hydrogen) atoms. The van der Waals surface area contributed by atoms with Gasteiger partial charge in [0.25, 0.3) is 0 Å². The third-order valence-corrected chi connectivity index (χ3v) is 6.75. The Morgan fingerprint density at radius 1 is 0.889 bits per heavy atom. The first-order valence-corrected chi connectivity index (χ1v) is 11.5. The van der Waals surface area contributed by atoms with Crippen molar-refractivity contribution in [3.8, 4) is 28.7 Å². The molecule has 2 heterocycles. The van der Waals surface area contributed by atoms with Gasteiger partial charge in [0, 0.05) is 23.3 Å². The van der Waals surface area contributed by atoms with Crippen LogP contribution in [-0.4, -0.2) is 56.1 Å². The number of nitrogens with zero attached hydrogens (tertiary/aromatic N) is 3. The van der Waals surface area contributed by atoms with Crippen LogP contribution in [-0.2, 0) is 4.79 Å². The molecule has 0 saturated heterocycles. The number of ether oxygens (including phenoxy) is 5. The fourth-order valence-electron chi connectivity index (χ4n) is 5.07. The number of hydrogen-bond donors (Lipinski definition) is 1. The van der Waals surface area contributed by atoms with Gasteiger partial charge in [0.1, 0.15) is 23.9 Å². The van der Waals surface area contributed by atoms with E-state index in [-0.39, 0.29) is 11.7 Å². The molecule has 0 amide bonds. The third-order valence-electron chi connectivity index (χ3n) is 6.75. The van der Waals surface area contributed by atoms with Crippen LogP contribution in [0.15, 0.2) is 47.9 Å². The Balaban J connectivity index is 1.61. The second-order valence-corrected chi connectivity index (χ2v) is 8.54. The van der Waals surface area contributed by atoms with E-state index < -0.39 is 6.04 Å². The first-order valence-electron chi connectivity index (χ1n) is 11.5. The lowest BCUT2D eigenvalue weighted by molar-refractivity contribution is -0.116. The lowest BCUT2D eigenvalue weighted by atomic mass is 9.77. The number of hydrogen-bond acceptors (Lipinski definition) is 9. The van der Waals surface area contributed by atoms with Gasteiger partial charge in [-0.25, -0.2) is 4.68 Å². The Hall–Kier alpha value is -4.21. The van der Waals surface area contributed by atoms with Crippen LogP contribution in [0.25, 0.3) is 0 Å². The molecule has 188 valence electrons. The minimum atomic E-state index is -0.503. The highest BCUT2D eigenvalue weighted by molar-refractivity contribution is 6.00. The summed E-state index contributed by atoms with van der Waals surface area (Å²) in [6, 6.07) is 8.83. The quantitative estimate of drug-likeness (QED) is 0.528. The molecule has 0 bridgehead atoms. The molecule has 0 radical (unpaired) electrons. The van der Waals surface area contributed by atoms with Crippen LogP contribution < -0.4 is 29.0 Å². The van der Waals surface area contributed by atoms with Gasteiger partial charge >= 0.3 is 0 Å². The molecule has 1 N–H and O–H groups in total. The number of nitrogens with one attached hydrogen (secondary N) is 1. The van der Waals surface area contributed by atoms with Crippen LogP contribution in [0.1, 0.15) is 35.9 Å². The summed E-state index contributed by atoms with van der Waals surface area (Å²) in [5.74, 6) is 3.38. The second kappa shape index (κ2) is 9.44. The van der Waals surface area contributed by atoms with Crippen LogP contribution in [0.2, 0.25) is 0 Å². The van der Waals surface area contributed by atoms with Crippen molar-refractivity contribution in [3.63, 3.8) is 0 Å². The first-order chi connectivity index (χ1) is 17.5. The number of rotatable bonds is 7. The monoisotopic (exact) mass is 492 g/mol. The topological polar surface area (TPSA) is 106 Å². The van der Waals surface area contributed by atoms with Crippen molar-refractivity contribution in [1.82, 2.24) is 14.8 Å². The van der Waals surface area contributed by atoms with Gasteiger partial charge < -0.3 is 29.0 Å². The van der Waals surface area contributed by atoms with Crippen molar-refractivity contribution in [2.75, 3.05) is 40.9 Å². The van der Waals surface area contributed by atoms with E-state index in [1.807, 2.05) is 30.3 Å². The predicted molar refractivity (Wildman–Crippen MR) is 131 cm³/mol. The highest BCUT2D eigenvalue weighted by Gasteiger charge is 2.40. The van der Waals surface area contributed by atoms with Gasteiger partial charge in [0.15, 0.2) is 17.3 Å². The Kier molecular flexibility index (Phi) is 6.17. The minimum Gasteiger partial charge on any atom is -0.497 e. The van der Waals surface area contributed by atoms with Gasteiger partial charge in [0.2, 0.25) is 11.7 Å². The van der Waals surface area contributed by atoms with Crippen molar-refractivity contribution in [3.05, 3.63) is 59.1 Å². The molecule has 2 aliphatic rings. The largest absolute Gasteiger partial charge is 0.497 e. The zero-order valence-electron chi connectivity index (χ0n) is 20.8. The maximum atomic E-state index is 13.8. The Morgan fingerprint density at radius 3 is 2.25 bits per heavy atom. The van der Waals surface area contributed by atoms with Crippen molar-refractivity contribution < 1.29 is 28.5 Å². The van der Waals surface area contributed by atoms with E-state index in [0.717, 1.165) is 16.8 Å². The normalized spacial score (nSPS) is 18.6. The first kappa shape index (κ1) is 23.5. The van der Waals surface area contributed by atoms with Gasteiger partial charge in [-0.05, 0) is 48.2 Å². The van der Waals surface area contributed by atoms with E-state index in [1.54, 1.807) is 40.2 Å². The van der Waals surface area contributed by atoms with E-state index >= 15 is 0 Å². The summed E-state index contributed by atoms with van der Waals surface area (Å²) in [5.41, 5.74) is 3.15. The summed E-state index contributed by atoms with van der Waals surface area (Å²) < 4.78 is 29.4. The number of ketones is 1. The summed E-state index contributed by atoms with van der Waals surface area (Å²) in [7, 11) is 7.93. The number of carbonyl (C=O) groups excluding carboxylic acids is 1. The number of carbonyl (C=O) groups is 1. The molecule has 2 aromatic carbocycles. The van der Waals surface area contributed by atoms with Gasteiger partial charge in [-0.1, -0.05) is 0 Å². The van der Waals surface area contributed by atoms with Crippen LogP contribution in [0, 0.1) is 0 Å². The molecular formula is C26H28N4O6. The van der Waals surface area contributed by atoms with Gasteiger partial charge in [0.05, 0.1) is 35.5 Å². The number of allylic oxidation sites excluding steroid dienone is 2. The van der Waals surface area contributed by atoms with Crippen molar-refractivity contribution in [2.45, 2.75) is 24.8 Å². The maximum Gasteiger partial charge on any atom is 0.226 e. The SMILES string of the molecule is COc1ccc(OC)c([C@H]2C3=C(C[C@H](c4cc(OC)c(OC)c(OC)c4)CC3=O)Nc3ncnn32)c1. The summed E-state index contributed by atoms with van der Waals surface area (Å²) in [4.78, 5) is 18.2. The molecule has 10 heteroatoms. The average Bonchev–Trinajstić information content (AvgIpc) is 3.38. The fourth-order valence-corrected chi connectivity index (χ4v) is 5.07. The van der Waals surface area contributed by atoms with Crippen LogP contribution in [0.5, 0.6) is 28.7 Å².